The smallest absolute Gasteiger partial charge is 0.123 e. The summed E-state index contributed by atoms with van der Waals surface area (Å²) in [6.45, 7) is 0. The second kappa shape index (κ2) is 5.12. The van der Waals surface area contributed by atoms with E-state index in [2.05, 4.69) is 23.2 Å². The van der Waals surface area contributed by atoms with Crippen molar-refractivity contribution in [1.82, 2.24) is 4.98 Å². The summed E-state index contributed by atoms with van der Waals surface area (Å²) in [6.07, 6.45) is 1.95. The molecule has 1 nitrogen and oxygen atoms in total. The number of fused-ring (bicyclic) bond motifs is 1. The third-order valence-corrected chi connectivity index (χ3v) is 2.20. The topological polar surface area (TPSA) is 15.8 Å². The van der Waals surface area contributed by atoms with Crippen molar-refractivity contribution >= 4 is 10.9 Å². The molecule has 0 amide bonds. The highest BCUT2D eigenvalue weighted by Gasteiger charge is 1.86. The molecule has 0 atom stereocenters. The van der Waals surface area contributed by atoms with Gasteiger partial charge in [0, 0.05) is 11.7 Å². The first-order valence-corrected chi connectivity index (χ1v) is 5.09. The molecular weight excluding hydrogens is 201 g/mol. The van der Waals surface area contributed by atoms with Crippen molar-refractivity contribution in [3.63, 3.8) is 0 Å². The van der Waals surface area contributed by atoms with Crippen LogP contribution in [0.2, 0.25) is 0 Å². The quantitative estimate of drug-likeness (QED) is 0.581. The van der Waals surface area contributed by atoms with Crippen LogP contribution in [-0.4, -0.2) is 4.98 Å². The molecule has 0 saturated carbocycles. The first kappa shape index (κ1) is 10.4. The number of hydrogen-bond acceptors (Lipinski definition) is 0. The molecule has 0 radical (unpaired) electrons. The first-order valence-electron chi connectivity index (χ1n) is 5.09. The monoisotopic (exact) mass is 213 g/mol. The standard InChI is InChI=1S/C8H7N.C6H5F/c1-2-4-8-7(3-1)5-6-9-8;7-6-4-2-1-3-5-6/h1-6,9H;1-5H. The number of rotatable bonds is 0. The van der Waals surface area contributed by atoms with E-state index >= 15 is 0 Å². The summed E-state index contributed by atoms with van der Waals surface area (Å²) < 4.78 is 11.9. The van der Waals surface area contributed by atoms with Crippen LogP contribution < -0.4 is 0 Å². The molecule has 0 fully saturated rings. The van der Waals surface area contributed by atoms with Gasteiger partial charge < -0.3 is 4.98 Å². The lowest BCUT2D eigenvalue weighted by molar-refractivity contribution is 0.628. The van der Waals surface area contributed by atoms with Gasteiger partial charge in [-0.05, 0) is 29.7 Å². The zero-order valence-corrected chi connectivity index (χ0v) is 8.73. The summed E-state index contributed by atoms with van der Waals surface area (Å²) in [6, 6.07) is 18.2. The Balaban J connectivity index is 0.000000125. The highest BCUT2D eigenvalue weighted by molar-refractivity contribution is 5.78. The van der Waals surface area contributed by atoms with E-state index in [9.17, 15) is 4.39 Å². The molecule has 1 aromatic heterocycles. The van der Waals surface area contributed by atoms with E-state index in [-0.39, 0.29) is 5.82 Å². The molecule has 2 aromatic carbocycles. The van der Waals surface area contributed by atoms with Gasteiger partial charge in [0.2, 0.25) is 0 Å². The Kier molecular flexibility index (Phi) is 3.34. The Morgan fingerprint density at radius 3 is 2.06 bits per heavy atom. The molecule has 0 saturated heterocycles. The second-order valence-corrected chi connectivity index (χ2v) is 3.36. The van der Waals surface area contributed by atoms with Gasteiger partial charge in [-0.25, -0.2) is 4.39 Å². The molecule has 0 aliphatic heterocycles. The van der Waals surface area contributed by atoms with E-state index < -0.39 is 0 Å². The van der Waals surface area contributed by atoms with Crippen LogP contribution in [0.5, 0.6) is 0 Å². The first-order chi connectivity index (χ1) is 7.86. The van der Waals surface area contributed by atoms with Gasteiger partial charge in [-0.2, -0.15) is 0 Å². The number of halogens is 1. The number of aromatic nitrogens is 1. The van der Waals surface area contributed by atoms with Crippen LogP contribution in [0.25, 0.3) is 10.9 Å². The van der Waals surface area contributed by atoms with Crippen LogP contribution in [0.3, 0.4) is 0 Å². The lowest BCUT2D eigenvalue weighted by Crippen LogP contribution is -1.63. The zero-order valence-electron chi connectivity index (χ0n) is 8.73. The molecule has 0 unspecified atom stereocenters. The van der Waals surface area contributed by atoms with Crippen molar-refractivity contribution < 1.29 is 4.39 Å². The lowest BCUT2D eigenvalue weighted by Gasteiger charge is -1.83. The van der Waals surface area contributed by atoms with Gasteiger partial charge in [-0.3, -0.25) is 0 Å². The maximum atomic E-state index is 11.9. The second-order valence-electron chi connectivity index (χ2n) is 3.36. The highest BCUT2D eigenvalue weighted by Crippen LogP contribution is 2.09. The Morgan fingerprint density at radius 2 is 1.44 bits per heavy atom. The molecule has 16 heavy (non-hydrogen) atoms. The maximum absolute atomic E-state index is 11.9. The minimum Gasteiger partial charge on any atom is -0.361 e. The van der Waals surface area contributed by atoms with E-state index in [0.29, 0.717) is 0 Å². The lowest BCUT2D eigenvalue weighted by atomic mass is 10.3. The van der Waals surface area contributed by atoms with Gasteiger partial charge in [0.25, 0.3) is 0 Å². The molecule has 0 spiro atoms. The number of H-pyrrole nitrogens is 1. The van der Waals surface area contributed by atoms with Crippen molar-refractivity contribution in [2.45, 2.75) is 0 Å². The molecule has 0 aliphatic rings. The molecule has 0 aliphatic carbocycles. The van der Waals surface area contributed by atoms with Crippen molar-refractivity contribution in [2.75, 3.05) is 0 Å². The number of aromatic amines is 1. The van der Waals surface area contributed by atoms with Crippen LogP contribution in [0, 0.1) is 5.82 Å². The Labute approximate surface area is 93.6 Å². The number of hydrogen-bond donors (Lipinski definition) is 1. The van der Waals surface area contributed by atoms with Gasteiger partial charge in [0.05, 0.1) is 0 Å². The molecular formula is C14H12FN. The largest absolute Gasteiger partial charge is 0.361 e. The normalized spacial score (nSPS) is 9.56. The van der Waals surface area contributed by atoms with Crippen LogP contribution in [0.1, 0.15) is 0 Å². The fourth-order valence-corrected chi connectivity index (χ4v) is 1.41. The number of benzene rings is 2. The fraction of sp³-hybridized carbons (Fsp3) is 0. The van der Waals surface area contributed by atoms with Gasteiger partial charge in [-0.15, -0.1) is 0 Å². The molecule has 1 heterocycles. The summed E-state index contributed by atoms with van der Waals surface area (Å²) >= 11 is 0. The van der Waals surface area contributed by atoms with Crippen molar-refractivity contribution in [1.29, 1.82) is 0 Å². The molecule has 3 aromatic rings. The van der Waals surface area contributed by atoms with Crippen molar-refractivity contribution in [2.24, 2.45) is 0 Å². The van der Waals surface area contributed by atoms with Crippen LogP contribution in [0.4, 0.5) is 4.39 Å². The number of para-hydroxylation sites is 1. The minimum atomic E-state index is -0.178. The SMILES string of the molecule is Fc1ccccc1.c1ccc2[nH]ccc2c1. The fourth-order valence-electron chi connectivity index (χ4n) is 1.41. The molecule has 1 N–H and O–H groups in total. The predicted octanol–water partition coefficient (Wildman–Crippen LogP) is 3.99. The van der Waals surface area contributed by atoms with E-state index in [1.165, 1.54) is 23.0 Å². The van der Waals surface area contributed by atoms with Gasteiger partial charge >= 0.3 is 0 Å². The Bertz CT molecular complexity index is 512. The third-order valence-electron chi connectivity index (χ3n) is 2.20. The Hall–Kier alpha value is -2.09. The summed E-state index contributed by atoms with van der Waals surface area (Å²) in [5, 5.41) is 1.28. The third kappa shape index (κ3) is 2.70. The average molecular weight is 213 g/mol. The van der Waals surface area contributed by atoms with Crippen LogP contribution in [0.15, 0.2) is 66.9 Å². The summed E-state index contributed by atoms with van der Waals surface area (Å²) in [5.41, 5.74) is 1.21. The summed E-state index contributed by atoms with van der Waals surface area (Å²) in [7, 11) is 0. The molecule has 0 bridgehead atoms. The Morgan fingerprint density at radius 1 is 0.750 bits per heavy atom. The van der Waals surface area contributed by atoms with Crippen LogP contribution in [-0.2, 0) is 0 Å². The van der Waals surface area contributed by atoms with E-state index in [1.807, 2.05) is 18.3 Å². The van der Waals surface area contributed by atoms with Crippen molar-refractivity contribution in [3.8, 4) is 0 Å². The van der Waals surface area contributed by atoms with E-state index in [0.717, 1.165) is 0 Å². The minimum absolute atomic E-state index is 0.178. The van der Waals surface area contributed by atoms with Gasteiger partial charge in [-0.1, -0.05) is 36.4 Å². The van der Waals surface area contributed by atoms with E-state index in [4.69, 9.17) is 0 Å². The maximum Gasteiger partial charge on any atom is 0.123 e. The zero-order chi connectivity index (χ0) is 11.2. The number of nitrogens with one attached hydrogen (secondary N) is 1. The summed E-state index contributed by atoms with van der Waals surface area (Å²) in [5.74, 6) is -0.178. The molecule has 3 rings (SSSR count). The molecule has 80 valence electrons. The predicted molar refractivity (Wildman–Crippen MR) is 64.7 cm³/mol. The van der Waals surface area contributed by atoms with Gasteiger partial charge in [0.15, 0.2) is 0 Å². The van der Waals surface area contributed by atoms with Gasteiger partial charge in [0.1, 0.15) is 5.82 Å². The van der Waals surface area contributed by atoms with E-state index in [1.54, 1.807) is 18.2 Å². The highest BCUT2D eigenvalue weighted by atomic mass is 19.1. The van der Waals surface area contributed by atoms with Crippen LogP contribution >= 0.6 is 0 Å². The van der Waals surface area contributed by atoms with Crippen molar-refractivity contribution in [3.05, 3.63) is 72.7 Å². The molecule has 2 heteroatoms. The summed E-state index contributed by atoms with van der Waals surface area (Å²) in [4.78, 5) is 3.12. The average Bonchev–Trinajstić information content (AvgIpc) is 2.79.